The lowest BCUT2D eigenvalue weighted by atomic mass is 9.87. The van der Waals surface area contributed by atoms with Crippen molar-refractivity contribution in [2.24, 2.45) is 0 Å². The van der Waals surface area contributed by atoms with Crippen LogP contribution in [0.1, 0.15) is 44.5 Å². The van der Waals surface area contributed by atoms with Crippen molar-refractivity contribution < 1.29 is 0 Å². The number of hydrogen-bond donors (Lipinski definition) is 1. The molecule has 0 amide bonds. The minimum atomic E-state index is 0.152. The van der Waals surface area contributed by atoms with Crippen LogP contribution < -0.4 is 5.32 Å². The summed E-state index contributed by atoms with van der Waals surface area (Å²) in [7, 11) is 0. The van der Waals surface area contributed by atoms with Gasteiger partial charge in [-0.25, -0.2) is 4.98 Å². The summed E-state index contributed by atoms with van der Waals surface area (Å²) in [6, 6.07) is 8.55. The molecule has 0 unspecified atom stereocenters. The van der Waals surface area contributed by atoms with Crippen LogP contribution in [0.5, 0.6) is 0 Å². The Bertz CT molecular complexity index is 825. The Labute approximate surface area is 136 Å². The standard InChI is InChI=1S/C18H23N5/c1-6-15-12(2)21-17-19-11-20-23(17)16(15)22-14-9-7-13(8-10-14)18(3,4)5/h7-11,22H,6H2,1-5H3. The fraction of sp³-hybridized carbons (Fsp3) is 0.389. The molecule has 5 nitrogen and oxygen atoms in total. The fourth-order valence-corrected chi connectivity index (χ4v) is 2.73. The van der Waals surface area contributed by atoms with E-state index in [1.165, 1.54) is 11.9 Å². The highest BCUT2D eigenvalue weighted by Gasteiger charge is 2.15. The number of aryl methyl sites for hydroxylation is 1. The van der Waals surface area contributed by atoms with E-state index in [0.717, 1.165) is 29.2 Å². The molecule has 0 aliphatic rings. The van der Waals surface area contributed by atoms with Gasteiger partial charge in [0.1, 0.15) is 12.1 Å². The van der Waals surface area contributed by atoms with Gasteiger partial charge in [0.05, 0.1) is 0 Å². The molecule has 2 aromatic heterocycles. The van der Waals surface area contributed by atoms with Crippen LogP contribution in [-0.2, 0) is 11.8 Å². The topological polar surface area (TPSA) is 55.1 Å². The molecule has 0 aliphatic carbocycles. The van der Waals surface area contributed by atoms with Gasteiger partial charge in [-0.3, -0.25) is 0 Å². The van der Waals surface area contributed by atoms with Crippen molar-refractivity contribution in [1.82, 2.24) is 19.6 Å². The third kappa shape index (κ3) is 2.91. The van der Waals surface area contributed by atoms with Gasteiger partial charge in [0.15, 0.2) is 0 Å². The van der Waals surface area contributed by atoms with E-state index in [-0.39, 0.29) is 5.41 Å². The van der Waals surface area contributed by atoms with E-state index >= 15 is 0 Å². The number of fused-ring (bicyclic) bond motifs is 1. The van der Waals surface area contributed by atoms with Gasteiger partial charge in [0.2, 0.25) is 0 Å². The van der Waals surface area contributed by atoms with Crippen LogP contribution in [0.4, 0.5) is 11.5 Å². The number of benzene rings is 1. The Kier molecular flexibility index (Phi) is 3.80. The quantitative estimate of drug-likeness (QED) is 0.793. The van der Waals surface area contributed by atoms with Crippen LogP contribution in [0.15, 0.2) is 30.6 Å². The van der Waals surface area contributed by atoms with E-state index < -0.39 is 0 Å². The molecule has 0 saturated carbocycles. The van der Waals surface area contributed by atoms with Gasteiger partial charge < -0.3 is 5.32 Å². The average Bonchev–Trinajstić information content (AvgIpc) is 2.95. The summed E-state index contributed by atoms with van der Waals surface area (Å²) in [5.74, 6) is 1.56. The minimum Gasteiger partial charge on any atom is -0.340 e. The van der Waals surface area contributed by atoms with Crippen molar-refractivity contribution in [3.05, 3.63) is 47.4 Å². The van der Waals surface area contributed by atoms with Gasteiger partial charge in [-0.15, -0.1) is 0 Å². The maximum absolute atomic E-state index is 4.50. The Balaban J connectivity index is 2.02. The molecule has 0 saturated heterocycles. The Morgan fingerprint density at radius 1 is 1.13 bits per heavy atom. The van der Waals surface area contributed by atoms with Gasteiger partial charge >= 0.3 is 0 Å². The maximum Gasteiger partial charge on any atom is 0.254 e. The van der Waals surface area contributed by atoms with Gasteiger partial charge in [-0.05, 0) is 36.5 Å². The van der Waals surface area contributed by atoms with Crippen molar-refractivity contribution in [1.29, 1.82) is 0 Å². The summed E-state index contributed by atoms with van der Waals surface area (Å²) < 4.78 is 1.77. The zero-order valence-electron chi connectivity index (χ0n) is 14.4. The molecule has 3 rings (SSSR count). The van der Waals surface area contributed by atoms with Gasteiger partial charge in [-0.2, -0.15) is 14.6 Å². The number of rotatable bonds is 3. The molecule has 0 radical (unpaired) electrons. The van der Waals surface area contributed by atoms with Crippen molar-refractivity contribution in [3.8, 4) is 0 Å². The SMILES string of the molecule is CCc1c(C)nc2ncnn2c1Nc1ccc(C(C)(C)C)cc1. The first-order valence-electron chi connectivity index (χ1n) is 7.97. The van der Waals surface area contributed by atoms with Crippen LogP contribution >= 0.6 is 0 Å². The molecule has 5 heteroatoms. The zero-order chi connectivity index (χ0) is 16.6. The van der Waals surface area contributed by atoms with Gasteiger partial charge in [0, 0.05) is 16.9 Å². The predicted octanol–water partition coefficient (Wildman–Crippen LogP) is 4.04. The fourth-order valence-electron chi connectivity index (χ4n) is 2.73. The molecule has 1 aromatic carbocycles. The molecule has 0 spiro atoms. The first kappa shape index (κ1) is 15.5. The largest absolute Gasteiger partial charge is 0.340 e. The predicted molar refractivity (Wildman–Crippen MR) is 93.3 cm³/mol. The summed E-state index contributed by atoms with van der Waals surface area (Å²) in [5.41, 5.74) is 4.65. The first-order valence-corrected chi connectivity index (χ1v) is 7.97. The Morgan fingerprint density at radius 2 is 1.83 bits per heavy atom. The first-order chi connectivity index (χ1) is 10.9. The maximum atomic E-state index is 4.50. The second-order valence-corrected chi connectivity index (χ2v) is 6.80. The smallest absolute Gasteiger partial charge is 0.254 e. The van der Waals surface area contributed by atoms with E-state index in [1.807, 2.05) is 6.92 Å². The molecular weight excluding hydrogens is 286 g/mol. The van der Waals surface area contributed by atoms with Gasteiger partial charge in [0.25, 0.3) is 5.78 Å². The molecule has 1 N–H and O–H groups in total. The molecule has 3 aromatic rings. The average molecular weight is 309 g/mol. The molecule has 0 atom stereocenters. The molecule has 120 valence electrons. The van der Waals surface area contributed by atoms with E-state index in [4.69, 9.17) is 0 Å². The van der Waals surface area contributed by atoms with Crippen molar-refractivity contribution in [2.45, 2.75) is 46.5 Å². The second-order valence-electron chi connectivity index (χ2n) is 6.80. The lowest BCUT2D eigenvalue weighted by molar-refractivity contribution is 0.590. The van der Waals surface area contributed by atoms with Crippen molar-refractivity contribution in [3.63, 3.8) is 0 Å². The van der Waals surface area contributed by atoms with Crippen LogP contribution in [0.2, 0.25) is 0 Å². The number of nitrogens with one attached hydrogen (secondary N) is 1. The molecule has 0 aliphatic heterocycles. The third-order valence-corrected chi connectivity index (χ3v) is 4.10. The zero-order valence-corrected chi connectivity index (χ0v) is 14.4. The Morgan fingerprint density at radius 3 is 2.43 bits per heavy atom. The Hall–Kier alpha value is -2.43. The molecule has 0 bridgehead atoms. The highest BCUT2D eigenvalue weighted by Crippen LogP contribution is 2.27. The van der Waals surface area contributed by atoms with Crippen LogP contribution in [0.3, 0.4) is 0 Å². The minimum absolute atomic E-state index is 0.152. The highest BCUT2D eigenvalue weighted by molar-refractivity contribution is 5.63. The lowest BCUT2D eigenvalue weighted by Crippen LogP contribution is -2.11. The number of hydrogen-bond acceptors (Lipinski definition) is 4. The summed E-state index contributed by atoms with van der Waals surface area (Å²) in [6.45, 7) is 10.8. The third-order valence-electron chi connectivity index (χ3n) is 4.10. The summed E-state index contributed by atoms with van der Waals surface area (Å²) in [4.78, 5) is 8.71. The van der Waals surface area contributed by atoms with E-state index in [1.54, 1.807) is 4.52 Å². The van der Waals surface area contributed by atoms with E-state index in [2.05, 4.69) is 72.3 Å². The number of aromatic nitrogens is 4. The highest BCUT2D eigenvalue weighted by atomic mass is 15.4. The normalized spacial score (nSPS) is 11.9. The molecule has 0 fully saturated rings. The second kappa shape index (κ2) is 5.65. The van der Waals surface area contributed by atoms with Gasteiger partial charge in [-0.1, -0.05) is 39.8 Å². The van der Waals surface area contributed by atoms with E-state index in [0.29, 0.717) is 5.78 Å². The summed E-state index contributed by atoms with van der Waals surface area (Å²) in [5, 5.41) is 7.79. The number of anilines is 2. The summed E-state index contributed by atoms with van der Waals surface area (Å²) >= 11 is 0. The molecule has 23 heavy (non-hydrogen) atoms. The lowest BCUT2D eigenvalue weighted by Gasteiger charge is -2.20. The number of nitrogens with zero attached hydrogens (tertiary/aromatic N) is 4. The molecular formula is C18H23N5. The van der Waals surface area contributed by atoms with Crippen LogP contribution in [0.25, 0.3) is 5.78 Å². The monoisotopic (exact) mass is 309 g/mol. The van der Waals surface area contributed by atoms with Crippen LogP contribution in [0, 0.1) is 6.92 Å². The van der Waals surface area contributed by atoms with E-state index in [9.17, 15) is 0 Å². The molecule has 2 heterocycles. The van der Waals surface area contributed by atoms with Crippen molar-refractivity contribution in [2.75, 3.05) is 5.32 Å². The summed E-state index contributed by atoms with van der Waals surface area (Å²) in [6.07, 6.45) is 2.42. The van der Waals surface area contributed by atoms with Crippen molar-refractivity contribution >= 4 is 17.3 Å². The van der Waals surface area contributed by atoms with Crippen LogP contribution in [-0.4, -0.2) is 19.6 Å².